The lowest BCUT2D eigenvalue weighted by atomic mass is 9.79. The summed E-state index contributed by atoms with van der Waals surface area (Å²) >= 11 is 0. The van der Waals surface area contributed by atoms with E-state index in [0.29, 0.717) is 18.1 Å². The topological polar surface area (TPSA) is 67.1 Å². The van der Waals surface area contributed by atoms with E-state index < -0.39 is 13.1 Å². The SMILES string of the molecule is CC.COC(=O)c1cc(COc2ccc(B3OC(C)(C)C(C)(C)O3)cc2)c(C)o1. The molecule has 6 nitrogen and oxygen atoms in total. The number of rotatable bonds is 5. The van der Waals surface area contributed by atoms with Crippen LogP contribution in [-0.4, -0.2) is 31.4 Å². The van der Waals surface area contributed by atoms with Gasteiger partial charge in [0, 0.05) is 5.56 Å². The minimum absolute atomic E-state index is 0.171. The summed E-state index contributed by atoms with van der Waals surface area (Å²) in [6.45, 7) is 14.2. The molecule has 0 saturated carbocycles. The zero-order chi connectivity index (χ0) is 21.8. The van der Waals surface area contributed by atoms with Gasteiger partial charge in [0.05, 0.1) is 18.3 Å². The Morgan fingerprint density at radius 1 is 1.03 bits per heavy atom. The minimum Gasteiger partial charge on any atom is -0.489 e. The van der Waals surface area contributed by atoms with Crippen molar-refractivity contribution in [3.63, 3.8) is 0 Å². The second-order valence-electron chi connectivity index (χ2n) is 7.63. The second-order valence-corrected chi connectivity index (χ2v) is 7.63. The Morgan fingerprint density at radius 3 is 2.10 bits per heavy atom. The lowest BCUT2D eigenvalue weighted by Crippen LogP contribution is -2.41. The Kier molecular flexibility index (Phi) is 7.19. The first-order chi connectivity index (χ1) is 13.6. The zero-order valence-corrected chi connectivity index (χ0v) is 18.6. The van der Waals surface area contributed by atoms with E-state index in [1.54, 1.807) is 13.0 Å². The molecule has 0 spiro atoms. The summed E-state index contributed by atoms with van der Waals surface area (Å²) in [5, 5.41) is 0. The van der Waals surface area contributed by atoms with Crippen LogP contribution in [0.1, 0.15) is 63.4 Å². The third kappa shape index (κ3) is 5.03. The fourth-order valence-electron chi connectivity index (χ4n) is 2.73. The zero-order valence-electron chi connectivity index (χ0n) is 18.6. The highest BCUT2D eigenvalue weighted by Crippen LogP contribution is 2.36. The van der Waals surface area contributed by atoms with E-state index >= 15 is 0 Å². The van der Waals surface area contributed by atoms with Crippen LogP contribution in [0.3, 0.4) is 0 Å². The Bertz CT molecular complexity index is 806. The van der Waals surface area contributed by atoms with Crippen molar-refractivity contribution in [1.29, 1.82) is 0 Å². The number of carbonyl (C=O) groups excluding carboxylic acids is 1. The molecule has 1 aromatic carbocycles. The maximum atomic E-state index is 11.5. The first kappa shape index (κ1) is 23.0. The van der Waals surface area contributed by atoms with Crippen LogP contribution in [0.5, 0.6) is 5.75 Å². The number of esters is 1. The summed E-state index contributed by atoms with van der Waals surface area (Å²) in [6, 6.07) is 9.24. The van der Waals surface area contributed by atoms with Crippen LogP contribution >= 0.6 is 0 Å². The number of furan rings is 1. The normalized spacial score (nSPS) is 16.8. The lowest BCUT2D eigenvalue weighted by molar-refractivity contribution is 0.00578. The van der Waals surface area contributed by atoms with Gasteiger partial charge in [-0.15, -0.1) is 0 Å². The molecule has 0 bridgehead atoms. The summed E-state index contributed by atoms with van der Waals surface area (Å²) in [6.07, 6.45) is 0. The summed E-state index contributed by atoms with van der Waals surface area (Å²) in [7, 11) is 0.917. The molecule has 0 atom stereocenters. The Balaban J connectivity index is 0.00000145. The molecule has 1 aliphatic heterocycles. The van der Waals surface area contributed by atoms with Gasteiger partial charge >= 0.3 is 13.1 Å². The molecule has 0 radical (unpaired) electrons. The molecule has 1 aliphatic rings. The lowest BCUT2D eigenvalue weighted by Gasteiger charge is -2.32. The van der Waals surface area contributed by atoms with E-state index in [2.05, 4.69) is 4.74 Å². The van der Waals surface area contributed by atoms with Crippen molar-refractivity contribution < 1.29 is 28.0 Å². The quantitative estimate of drug-likeness (QED) is 0.550. The average Bonchev–Trinajstić information content (AvgIpc) is 3.17. The van der Waals surface area contributed by atoms with Crippen LogP contribution < -0.4 is 10.2 Å². The van der Waals surface area contributed by atoms with Gasteiger partial charge in [0.2, 0.25) is 5.76 Å². The first-order valence-electron chi connectivity index (χ1n) is 9.89. The van der Waals surface area contributed by atoms with Crippen LogP contribution in [0.4, 0.5) is 0 Å². The van der Waals surface area contributed by atoms with Crippen LogP contribution in [0.25, 0.3) is 0 Å². The van der Waals surface area contributed by atoms with Crippen LogP contribution in [-0.2, 0) is 20.7 Å². The number of ether oxygens (including phenoxy) is 2. The third-order valence-electron chi connectivity index (χ3n) is 5.21. The van der Waals surface area contributed by atoms with E-state index in [9.17, 15) is 4.79 Å². The van der Waals surface area contributed by atoms with Gasteiger partial charge in [0.15, 0.2) is 0 Å². The molecule has 158 valence electrons. The monoisotopic (exact) mass is 402 g/mol. The van der Waals surface area contributed by atoms with Gasteiger partial charge < -0.3 is 23.2 Å². The summed E-state index contributed by atoms with van der Waals surface area (Å²) in [5.74, 6) is 1.00. The predicted octanol–water partition coefficient (Wildman–Crippen LogP) is 4.28. The Labute approximate surface area is 173 Å². The highest BCUT2D eigenvalue weighted by molar-refractivity contribution is 6.62. The molecule has 7 heteroatoms. The van der Waals surface area contributed by atoms with Crippen molar-refractivity contribution in [2.45, 2.75) is 66.3 Å². The van der Waals surface area contributed by atoms with E-state index in [-0.39, 0.29) is 17.0 Å². The highest BCUT2D eigenvalue weighted by Gasteiger charge is 2.51. The molecule has 1 saturated heterocycles. The number of hydrogen-bond acceptors (Lipinski definition) is 6. The number of benzene rings is 1. The molecule has 0 N–H and O–H groups in total. The fraction of sp³-hybridized carbons (Fsp3) is 0.500. The van der Waals surface area contributed by atoms with Gasteiger partial charge in [-0.3, -0.25) is 0 Å². The molecule has 29 heavy (non-hydrogen) atoms. The van der Waals surface area contributed by atoms with E-state index in [0.717, 1.165) is 11.0 Å². The van der Waals surface area contributed by atoms with E-state index in [1.807, 2.05) is 65.8 Å². The van der Waals surface area contributed by atoms with Gasteiger partial charge in [-0.1, -0.05) is 26.0 Å². The number of methoxy groups -OCH3 is 1. The fourth-order valence-corrected chi connectivity index (χ4v) is 2.73. The molecule has 2 aromatic rings. The first-order valence-corrected chi connectivity index (χ1v) is 9.89. The maximum absolute atomic E-state index is 11.5. The molecule has 0 aliphatic carbocycles. The van der Waals surface area contributed by atoms with Crippen molar-refractivity contribution in [2.75, 3.05) is 7.11 Å². The largest absolute Gasteiger partial charge is 0.494 e. The van der Waals surface area contributed by atoms with Gasteiger partial charge in [-0.2, -0.15) is 0 Å². The second kappa shape index (κ2) is 9.05. The Morgan fingerprint density at radius 2 is 1.59 bits per heavy atom. The van der Waals surface area contributed by atoms with Crippen molar-refractivity contribution in [1.82, 2.24) is 0 Å². The Hall–Kier alpha value is -2.25. The van der Waals surface area contributed by atoms with E-state index in [1.165, 1.54) is 7.11 Å². The van der Waals surface area contributed by atoms with Crippen molar-refractivity contribution in [3.8, 4) is 5.75 Å². The van der Waals surface area contributed by atoms with Crippen LogP contribution in [0, 0.1) is 6.92 Å². The molecule has 2 heterocycles. The molecule has 1 fully saturated rings. The van der Waals surface area contributed by atoms with E-state index in [4.69, 9.17) is 18.5 Å². The number of aryl methyl sites for hydroxylation is 1. The molecule has 1 aromatic heterocycles. The number of carbonyl (C=O) groups is 1. The maximum Gasteiger partial charge on any atom is 0.494 e. The smallest absolute Gasteiger partial charge is 0.489 e. The molecular weight excluding hydrogens is 371 g/mol. The minimum atomic E-state index is -0.504. The van der Waals surface area contributed by atoms with Gasteiger partial charge in [-0.25, -0.2) is 4.79 Å². The third-order valence-corrected chi connectivity index (χ3v) is 5.21. The molecule has 0 unspecified atom stereocenters. The van der Waals surface area contributed by atoms with Gasteiger partial charge in [0.1, 0.15) is 18.1 Å². The van der Waals surface area contributed by atoms with Gasteiger partial charge in [0.25, 0.3) is 0 Å². The number of hydrogen-bond donors (Lipinski definition) is 0. The summed E-state index contributed by atoms with van der Waals surface area (Å²) in [4.78, 5) is 11.5. The standard InChI is InChI=1S/C20H25BO6.C2H6/c1-13-14(11-17(25-13)18(22)23-6)12-24-16-9-7-15(8-10-16)21-26-19(2,3)20(4,5)27-21;1-2/h7-11H,12H2,1-6H3;1-2H3. The van der Waals surface area contributed by atoms with Crippen molar-refractivity contribution in [2.24, 2.45) is 0 Å². The van der Waals surface area contributed by atoms with Crippen LogP contribution in [0.15, 0.2) is 34.7 Å². The molecule has 0 amide bonds. The highest BCUT2D eigenvalue weighted by atomic mass is 16.7. The molecule has 3 rings (SSSR count). The average molecular weight is 402 g/mol. The predicted molar refractivity (Wildman–Crippen MR) is 113 cm³/mol. The van der Waals surface area contributed by atoms with Crippen molar-refractivity contribution in [3.05, 3.63) is 47.4 Å². The van der Waals surface area contributed by atoms with Crippen LogP contribution in [0.2, 0.25) is 0 Å². The molecular formula is C22H31BO6. The summed E-state index contributed by atoms with van der Waals surface area (Å²) < 4.78 is 28.0. The van der Waals surface area contributed by atoms with Gasteiger partial charge in [-0.05, 0) is 58.3 Å². The van der Waals surface area contributed by atoms with Crippen molar-refractivity contribution >= 4 is 18.6 Å². The summed E-state index contributed by atoms with van der Waals surface area (Å²) in [5.41, 5.74) is 0.991.